The largest absolute Gasteiger partial charge is 0.379 e. The normalized spacial score (nSPS) is 16.8. The van der Waals surface area contributed by atoms with Crippen molar-refractivity contribution in [2.45, 2.75) is 45.6 Å². The SMILES string of the molecule is CCCCOCCOCCNC(=NC)N1CCC(OCC)CC1. The van der Waals surface area contributed by atoms with Gasteiger partial charge in [0.1, 0.15) is 0 Å². The number of nitrogens with zero attached hydrogens (tertiary/aromatic N) is 2. The molecule has 6 heteroatoms. The van der Waals surface area contributed by atoms with Crippen LogP contribution >= 0.6 is 0 Å². The van der Waals surface area contributed by atoms with Gasteiger partial charge >= 0.3 is 0 Å². The summed E-state index contributed by atoms with van der Waals surface area (Å²) in [6, 6.07) is 0. The van der Waals surface area contributed by atoms with Crippen LogP contribution < -0.4 is 5.32 Å². The first-order chi connectivity index (χ1) is 11.3. The van der Waals surface area contributed by atoms with Crippen LogP contribution in [0.3, 0.4) is 0 Å². The highest BCUT2D eigenvalue weighted by Crippen LogP contribution is 2.13. The van der Waals surface area contributed by atoms with Crippen LogP contribution in [0.2, 0.25) is 0 Å². The van der Waals surface area contributed by atoms with Crippen molar-refractivity contribution in [2.24, 2.45) is 4.99 Å². The predicted molar refractivity (Wildman–Crippen MR) is 94.1 cm³/mol. The van der Waals surface area contributed by atoms with Crippen LogP contribution in [-0.2, 0) is 14.2 Å². The maximum Gasteiger partial charge on any atom is 0.193 e. The molecule has 0 unspecified atom stereocenters. The van der Waals surface area contributed by atoms with Gasteiger partial charge in [0, 0.05) is 39.9 Å². The van der Waals surface area contributed by atoms with Gasteiger partial charge in [-0.15, -0.1) is 0 Å². The van der Waals surface area contributed by atoms with E-state index in [0.29, 0.717) is 25.9 Å². The van der Waals surface area contributed by atoms with Gasteiger partial charge in [-0.2, -0.15) is 0 Å². The van der Waals surface area contributed by atoms with Gasteiger partial charge in [0.05, 0.1) is 25.9 Å². The molecule has 1 saturated heterocycles. The minimum absolute atomic E-state index is 0.408. The van der Waals surface area contributed by atoms with E-state index in [9.17, 15) is 0 Å². The molecule has 0 saturated carbocycles. The number of rotatable bonds is 11. The van der Waals surface area contributed by atoms with Gasteiger partial charge in [-0.25, -0.2) is 0 Å². The van der Waals surface area contributed by atoms with E-state index in [1.54, 1.807) is 0 Å². The second-order valence-corrected chi connectivity index (χ2v) is 5.69. The standard InChI is InChI=1S/C17H35N3O3/c1-4-6-12-21-14-15-22-13-9-19-17(18-3)20-10-7-16(8-11-20)23-5-2/h16H,4-15H2,1-3H3,(H,18,19). The van der Waals surface area contributed by atoms with E-state index in [1.165, 1.54) is 6.42 Å². The molecule has 0 radical (unpaired) electrons. The monoisotopic (exact) mass is 329 g/mol. The van der Waals surface area contributed by atoms with E-state index in [4.69, 9.17) is 14.2 Å². The molecule has 136 valence electrons. The minimum Gasteiger partial charge on any atom is -0.379 e. The zero-order valence-corrected chi connectivity index (χ0v) is 15.2. The Morgan fingerprint density at radius 1 is 1.09 bits per heavy atom. The maximum absolute atomic E-state index is 5.69. The van der Waals surface area contributed by atoms with Gasteiger partial charge in [0.15, 0.2) is 5.96 Å². The van der Waals surface area contributed by atoms with Gasteiger partial charge in [0.25, 0.3) is 0 Å². The summed E-state index contributed by atoms with van der Waals surface area (Å²) in [7, 11) is 1.83. The second kappa shape index (κ2) is 13.6. The summed E-state index contributed by atoms with van der Waals surface area (Å²) >= 11 is 0. The minimum atomic E-state index is 0.408. The maximum atomic E-state index is 5.69. The van der Waals surface area contributed by atoms with Crippen LogP contribution in [0.25, 0.3) is 0 Å². The second-order valence-electron chi connectivity index (χ2n) is 5.69. The molecule has 1 fully saturated rings. The van der Waals surface area contributed by atoms with Crippen molar-refractivity contribution in [1.82, 2.24) is 10.2 Å². The third kappa shape index (κ3) is 9.13. The van der Waals surface area contributed by atoms with Crippen molar-refractivity contribution in [3.05, 3.63) is 0 Å². The summed E-state index contributed by atoms with van der Waals surface area (Å²) < 4.78 is 16.7. The number of guanidine groups is 1. The van der Waals surface area contributed by atoms with E-state index in [0.717, 1.165) is 58.1 Å². The molecule has 0 bridgehead atoms. The van der Waals surface area contributed by atoms with Crippen LogP contribution in [0.4, 0.5) is 0 Å². The van der Waals surface area contributed by atoms with E-state index in [-0.39, 0.29) is 0 Å². The van der Waals surface area contributed by atoms with Gasteiger partial charge in [-0.3, -0.25) is 4.99 Å². The molecule has 23 heavy (non-hydrogen) atoms. The zero-order valence-electron chi connectivity index (χ0n) is 15.2. The van der Waals surface area contributed by atoms with Crippen LogP contribution in [0.5, 0.6) is 0 Å². The Bertz CT molecular complexity index is 305. The fraction of sp³-hybridized carbons (Fsp3) is 0.941. The molecule has 1 N–H and O–H groups in total. The summed E-state index contributed by atoms with van der Waals surface area (Å²) in [5, 5.41) is 3.37. The van der Waals surface area contributed by atoms with Crippen molar-refractivity contribution in [2.75, 3.05) is 59.7 Å². The highest BCUT2D eigenvalue weighted by atomic mass is 16.5. The number of unbranched alkanes of at least 4 members (excludes halogenated alkanes) is 1. The van der Waals surface area contributed by atoms with Crippen LogP contribution in [0.1, 0.15) is 39.5 Å². The molecule has 1 heterocycles. The number of nitrogens with one attached hydrogen (secondary N) is 1. The van der Waals surface area contributed by atoms with Crippen molar-refractivity contribution < 1.29 is 14.2 Å². The fourth-order valence-corrected chi connectivity index (χ4v) is 2.61. The highest BCUT2D eigenvalue weighted by molar-refractivity contribution is 5.79. The average Bonchev–Trinajstić information content (AvgIpc) is 2.58. The molecule has 0 aromatic heterocycles. The lowest BCUT2D eigenvalue weighted by molar-refractivity contribution is 0.0261. The Balaban J connectivity index is 2.04. The van der Waals surface area contributed by atoms with Crippen LogP contribution in [-0.4, -0.2) is 76.7 Å². The Kier molecular flexibility index (Phi) is 11.9. The third-order valence-corrected chi connectivity index (χ3v) is 3.90. The Hall–Kier alpha value is -0.850. The van der Waals surface area contributed by atoms with Crippen molar-refractivity contribution in [1.29, 1.82) is 0 Å². The lowest BCUT2D eigenvalue weighted by atomic mass is 10.1. The number of piperidine rings is 1. The molecule has 0 aromatic carbocycles. The quantitative estimate of drug-likeness (QED) is 0.356. The summed E-state index contributed by atoms with van der Waals surface area (Å²) in [5.74, 6) is 0.961. The molecule has 6 nitrogen and oxygen atoms in total. The molecule has 1 aliphatic heterocycles. The summed E-state index contributed by atoms with van der Waals surface area (Å²) in [6.45, 7) is 10.6. The third-order valence-electron chi connectivity index (χ3n) is 3.90. The lowest BCUT2D eigenvalue weighted by Crippen LogP contribution is -2.47. The van der Waals surface area contributed by atoms with E-state index in [2.05, 4.69) is 29.1 Å². The van der Waals surface area contributed by atoms with Gasteiger partial charge < -0.3 is 24.4 Å². The molecular formula is C17H35N3O3. The Morgan fingerprint density at radius 2 is 1.78 bits per heavy atom. The first-order valence-electron chi connectivity index (χ1n) is 9.04. The molecule has 0 spiro atoms. The topological polar surface area (TPSA) is 55.3 Å². The number of likely N-dealkylation sites (tertiary alicyclic amines) is 1. The van der Waals surface area contributed by atoms with Crippen LogP contribution in [0, 0.1) is 0 Å². The van der Waals surface area contributed by atoms with Gasteiger partial charge in [0.2, 0.25) is 0 Å². The molecule has 1 aliphatic rings. The number of aliphatic imine (C=N–C) groups is 1. The van der Waals surface area contributed by atoms with E-state index in [1.807, 2.05) is 7.05 Å². The predicted octanol–water partition coefficient (Wildman–Crippen LogP) is 1.90. The highest BCUT2D eigenvalue weighted by Gasteiger charge is 2.21. The van der Waals surface area contributed by atoms with Gasteiger partial charge in [-0.1, -0.05) is 13.3 Å². The Morgan fingerprint density at radius 3 is 2.39 bits per heavy atom. The molecule has 0 aliphatic carbocycles. The first kappa shape index (κ1) is 20.2. The summed E-state index contributed by atoms with van der Waals surface area (Å²) in [4.78, 5) is 6.66. The summed E-state index contributed by atoms with van der Waals surface area (Å²) in [6.07, 6.45) is 4.84. The molecule has 0 atom stereocenters. The molecule has 0 aromatic rings. The van der Waals surface area contributed by atoms with Crippen molar-refractivity contribution in [3.63, 3.8) is 0 Å². The van der Waals surface area contributed by atoms with Crippen molar-refractivity contribution >= 4 is 5.96 Å². The van der Waals surface area contributed by atoms with Crippen LogP contribution in [0.15, 0.2) is 4.99 Å². The number of ether oxygens (including phenoxy) is 3. The molecular weight excluding hydrogens is 294 g/mol. The number of hydrogen-bond donors (Lipinski definition) is 1. The average molecular weight is 329 g/mol. The van der Waals surface area contributed by atoms with Gasteiger partial charge in [-0.05, 0) is 26.2 Å². The molecule has 1 rings (SSSR count). The number of hydrogen-bond acceptors (Lipinski definition) is 4. The van der Waals surface area contributed by atoms with E-state index >= 15 is 0 Å². The smallest absolute Gasteiger partial charge is 0.193 e. The molecule has 0 amide bonds. The van der Waals surface area contributed by atoms with Crippen molar-refractivity contribution in [3.8, 4) is 0 Å². The zero-order chi connectivity index (χ0) is 16.8. The Labute approximate surface area is 141 Å². The fourth-order valence-electron chi connectivity index (χ4n) is 2.61. The summed E-state index contributed by atoms with van der Waals surface area (Å²) in [5.41, 5.74) is 0. The first-order valence-corrected chi connectivity index (χ1v) is 9.04. The van der Waals surface area contributed by atoms with E-state index < -0.39 is 0 Å². The lowest BCUT2D eigenvalue weighted by Gasteiger charge is -2.34.